The summed E-state index contributed by atoms with van der Waals surface area (Å²) in [7, 11) is 1.63. The zero-order valence-electron chi connectivity index (χ0n) is 10.6. The fourth-order valence-electron chi connectivity index (χ4n) is 1.14. The molecule has 0 saturated heterocycles. The van der Waals surface area contributed by atoms with Gasteiger partial charge in [0.15, 0.2) is 0 Å². The van der Waals surface area contributed by atoms with Crippen LogP contribution in [-0.2, 0) is 0 Å². The SMILES string of the molecule is CC/C=C\C(=NC)N(N)C(N)C(C)(C#N)CS. The van der Waals surface area contributed by atoms with E-state index in [1.165, 1.54) is 5.01 Å². The first-order valence-corrected chi connectivity index (χ1v) is 6.05. The van der Waals surface area contributed by atoms with Crippen molar-refractivity contribution in [3.63, 3.8) is 0 Å². The van der Waals surface area contributed by atoms with Gasteiger partial charge in [0.25, 0.3) is 0 Å². The maximum Gasteiger partial charge on any atom is 0.138 e. The second kappa shape index (κ2) is 7.33. The molecular formula is C11H21N5S. The highest BCUT2D eigenvalue weighted by molar-refractivity contribution is 7.80. The molecule has 0 bridgehead atoms. The second-order valence-electron chi connectivity index (χ2n) is 3.93. The maximum absolute atomic E-state index is 9.12. The molecular weight excluding hydrogens is 234 g/mol. The molecule has 96 valence electrons. The van der Waals surface area contributed by atoms with Gasteiger partial charge in [-0.2, -0.15) is 17.9 Å². The Labute approximate surface area is 109 Å². The van der Waals surface area contributed by atoms with Crippen LogP contribution in [0.25, 0.3) is 0 Å². The lowest BCUT2D eigenvalue weighted by molar-refractivity contribution is 0.212. The van der Waals surface area contributed by atoms with Gasteiger partial charge >= 0.3 is 0 Å². The number of nitriles is 1. The molecule has 0 aromatic heterocycles. The summed E-state index contributed by atoms with van der Waals surface area (Å²) in [5.74, 6) is 6.76. The average Bonchev–Trinajstić information content (AvgIpc) is 2.37. The summed E-state index contributed by atoms with van der Waals surface area (Å²) in [6, 6.07) is 2.14. The van der Waals surface area contributed by atoms with E-state index in [9.17, 15) is 0 Å². The van der Waals surface area contributed by atoms with E-state index in [4.69, 9.17) is 16.8 Å². The van der Waals surface area contributed by atoms with Crippen molar-refractivity contribution in [1.29, 1.82) is 5.26 Å². The van der Waals surface area contributed by atoms with Crippen molar-refractivity contribution in [2.24, 2.45) is 22.0 Å². The molecule has 5 nitrogen and oxygen atoms in total. The normalized spacial score (nSPS) is 17.6. The maximum atomic E-state index is 9.12. The second-order valence-corrected chi connectivity index (χ2v) is 4.25. The highest BCUT2D eigenvalue weighted by Crippen LogP contribution is 2.22. The van der Waals surface area contributed by atoms with Crippen LogP contribution < -0.4 is 11.6 Å². The highest BCUT2D eigenvalue weighted by atomic mass is 32.1. The molecule has 4 N–H and O–H groups in total. The van der Waals surface area contributed by atoms with E-state index in [2.05, 4.69) is 23.7 Å². The summed E-state index contributed by atoms with van der Waals surface area (Å²) in [6.45, 7) is 3.74. The topological polar surface area (TPSA) is 91.4 Å². The third-order valence-corrected chi connectivity index (χ3v) is 3.19. The molecule has 0 aliphatic heterocycles. The quantitative estimate of drug-likeness (QED) is 0.170. The molecule has 0 aromatic carbocycles. The molecule has 0 amide bonds. The van der Waals surface area contributed by atoms with Gasteiger partial charge in [0.2, 0.25) is 0 Å². The van der Waals surface area contributed by atoms with Gasteiger partial charge in [0, 0.05) is 12.8 Å². The minimum Gasteiger partial charge on any atom is -0.309 e. The van der Waals surface area contributed by atoms with Crippen molar-refractivity contribution in [1.82, 2.24) is 5.01 Å². The fourth-order valence-corrected chi connectivity index (χ4v) is 1.40. The molecule has 0 heterocycles. The Morgan fingerprint density at radius 3 is 2.65 bits per heavy atom. The van der Waals surface area contributed by atoms with Crippen LogP contribution in [-0.4, -0.2) is 29.8 Å². The van der Waals surface area contributed by atoms with Gasteiger partial charge in [0.1, 0.15) is 12.0 Å². The Morgan fingerprint density at radius 2 is 2.29 bits per heavy atom. The lowest BCUT2D eigenvalue weighted by atomic mass is 9.91. The van der Waals surface area contributed by atoms with E-state index in [0.717, 1.165) is 6.42 Å². The minimum atomic E-state index is -0.826. The summed E-state index contributed by atoms with van der Waals surface area (Å²) in [6.07, 6.45) is 3.94. The van der Waals surface area contributed by atoms with Gasteiger partial charge in [-0.15, -0.1) is 0 Å². The number of nitrogens with zero attached hydrogens (tertiary/aromatic N) is 3. The first-order chi connectivity index (χ1) is 7.96. The molecule has 6 heteroatoms. The summed E-state index contributed by atoms with van der Waals surface area (Å²) in [5.41, 5.74) is 5.15. The van der Waals surface area contributed by atoms with Gasteiger partial charge < -0.3 is 5.73 Å². The monoisotopic (exact) mass is 255 g/mol. The lowest BCUT2D eigenvalue weighted by Gasteiger charge is -2.34. The first kappa shape index (κ1) is 16.0. The number of hydrogen-bond donors (Lipinski definition) is 3. The molecule has 17 heavy (non-hydrogen) atoms. The van der Waals surface area contributed by atoms with Gasteiger partial charge in [-0.05, 0) is 19.4 Å². The largest absolute Gasteiger partial charge is 0.309 e. The van der Waals surface area contributed by atoms with E-state index >= 15 is 0 Å². The standard InChI is InChI=1S/C11H21N5S/c1-4-5-6-9(15-3)16(14)10(13)11(2,7-12)8-17/h5-6,10,17H,4,8,13-14H2,1-3H3/b6-5-,15-9?. The number of hydrogen-bond acceptors (Lipinski definition) is 5. The molecule has 0 fully saturated rings. The molecule has 0 spiro atoms. The van der Waals surface area contributed by atoms with Gasteiger partial charge in [0.05, 0.1) is 11.5 Å². The number of allylic oxidation sites excluding steroid dienone is 1. The van der Waals surface area contributed by atoms with Crippen molar-refractivity contribution in [3.8, 4) is 6.07 Å². The summed E-state index contributed by atoms with van der Waals surface area (Å²) in [4.78, 5) is 4.05. The van der Waals surface area contributed by atoms with Gasteiger partial charge in [-0.1, -0.05) is 13.0 Å². The molecule has 0 aliphatic rings. The molecule has 2 unspecified atom stereocenters. The summed E-state index contributed by atoms with van der Waals surface area (Å²) < 4.78 is 0. The van der Waals surface area contributed by atoms with Crippen LogP contribution in [0, 0.1) is 16.7 Å². The van der Waals surface area contributed by atoms with E-state index in [-0.39, 0.29) is 0 Å². The Kier molecular flexibility index (Phi) is 6.88. The number of aliphatic imine (C=N–C) groups is 1. The molecule has 2 atom stereocenters. The van der Waals surface area contributed by atoms with Crippen LogP contribution in [0.1, 0.15) is 20.3 Å². The van der Waals surface area contributed by atoms with Crippen LogP contribution in [0.15, 0.2) is 17.1 Å². The van der Waals surface area contributed by atoms with Gasteiger partial charge in [-0.3, -0.25) is 10.0 Å². The molecule has 0 radical (unpaired) electrons. The Morgan fingerprint density at radius 1 is 1.71 bits per heavy atom. The zero-order chi connectivity index (χ0) is 13.5. The molecule has 0 rings (SSSR count). The summed E-state index contributed by atoms with van der Waals surface area (Å²) >= 11 is 4.14. The highest BCUT2D eigenvalue weighted by Gasteiger charge is 2.34. The van der Waals surface area contributed by atoms with Crippen molar-refractivity contribution < 1.29 is 0 Å². The molecule has 0 aromatic rings. The Balaban J connectivity index is 4.98. The number of rotatable bonds is 5. The van der Waals surface area contributed by atoms with E-state index < -0.39 is 11.6 Å². The number of hydrazine groups is 1. The van der Waals surface area contributed by atoms with Crippen molar-refractivity contribution in [2.45, 2.75) is 26.4 Å². The van der Waals surface area contributed by atoms with E-state index in [1.807, 2.05) is 13.0 Å². The van der Waals surface area contributed by atoms with Gasteiger partial charge in [-0.25, -0.2) is 5.84 Å². The van der Waals surface area contributed by atoms with E-state index in [1.54, 1.807) is 20.0 Å². The molecule has 0 aliphatic carbocycles. The number of nitrogens with two attached hydrogens (primary N) is 2. The fraction of sp³-hybridized carbons (Fsp3) is 0.636. The predicted molar refractivity (Wildman–Crippen MR) is 74.4 cm³/mol. The van der Waals surface area contributed by atoms with E-state index in [0.29, 0.717) is 11.6 Å². The van der Waals surface area contributed by atoms with Crippen LogP contribution in [0.2, 0.25) is 0 Å². The number of amidine groups is 1. The third kappa shape index (κ3) is 4.04. The van der Waals surface area contributed by atoms with Crippen molar-refractivity contribution in [2.75, 3.05) is 12.8 Å². The lowest BCUT2D eigenvalue weighted by Crippen LogP contribution is -2.58. The van der Waals surface area contributed by atoms with Crippen LogP contribution in [0.5, 0.6) is 0 Å². The third-order valence-electron chi connectivity index (χ3n) is 2.53. The van der Waals surface area contributed by atoms with Crippen LogP contribution >= 0.6 is 12.6 Å². The molecule has 0 saturated carbocycles. The Bertz CT molecular complexity index is 333. The minimum absolute atomic E-state index is 0.326. The summed E-state index contributed by atoms with van der Waals surface area (Å²) in [5, 5.41) is 10.4. The van der Waals surface area contributed by atoms with Crippen molar-refractivity contribution >= 4 is 18.5 Å². The first-order valence-electron chi connectivity index (χ1n) is 5.41. The zero-order valence-corrected chi connectivity index (χ0v) is 11.5. The number of thiol groups is 1. The van der Waals surface area contributed by atoms with Crippen LogP contribution in [0.3, 0.4) is 0 Å². The van der Waals surface area contributed by atoms with Crippen LogP contribution in [0.4, 0.5) is 0 Å². The predicted octanol–water partition coefficient (Wildman–Crippen LogP) is 0.901. The smallest absolute Gasteiger partial charge is 0.138 e. The Hall–Kier alpha value is -1.03. The average molecular weight is 255 g/mol. The van der Waals surface area contributed by atoms with Crippen molar-refractivity contribution in [3.05, 3.63) is 12.2 Å².